The lowest BCUT2D eigenvalue weighted by Gasteiger charge is -2.12. The summed E-state index contributed by atoms with van der Waals surface area (Å²) in [5.74, 6) is 0.740. The molecule has 0 fully saturated rings. The SMILES string of the molecule is COc1cc(-c2ccccc2)cc(CCC/C=C\CCO)c1O. The first-order valence-corrected chi connectivity index (χ1v) is 7.97. The number of hydrogen-bond acceptors (Lipinski definition) is 3. The van der Waals surface area contributed by atoms with Crippen molar-refractivity contribution in [2.75, 3.05) is 13.7 Å². The van der Waals surface area contributed by atoms with Crippen LogP contribution in [0.25, 0.3) is 11.1 Å². The van der Waals surface area contributed by atoms with Gasteiger partial charge in [-0.3, -0.25) is 0 Å². The number of allylic oxidation sites excluding steroid dienone is 1. The first kappa shape index (κ1) is 17.1. The molecule has 3 nitrogen and oxygen atoms in total. The Labute approximate surface area is 137 Å². The fourth-order valence-electron chi connectivity index (χ4n) is 2.53. The monoisotopic (exact) mass is 312 g/mol. The molecule has 122 valence electrons. The molecule has 0 atom stereocenters. The van der Waals surface area contributed by atoms with Gasteiger partial charge in [-0.05, 0) is 54.5 Å². The highest BCUT2D eigenvalue weighted by molar-refractivity contribution is 5.69. The van der Waals surface area contributed by atoms with Gasteiger partial charge in [-0.2, -0.15) is 0 Å². The number of aromatic hydroxyl groups is 1. The number of unbranched alkanes of at least 4 members (excludes halogenated alkanes) is 1. The number of phenols is 1. The van der Waals surface area contributed by atoms with E-state index in [1.807, 2.05) is 48.5 Å². The fraction of sp³-hybridized carbons (Fsp3) is 0.300. The molecule has 0 aliphatic carbocycles. The van der Waals surface area contributed by atoms with Crippen molar-refractivity contribution < 1.29 is 14.9 Å². The number of aliphatic hydroxyl groups excluding tert-OH is 1. The van der Waals surface area contributed by atoms with Crippen LogP contribution < -0.4 is 4.74 Å². The second kappa shape index (κ2) is 9.01. The molecule has 0 radical (unpaired) electrons. The Morgan fingerprint density at radius 2 is 1.74 bits per heavy atom. The quantitative estimate of drug-likeness (QED) is 0.563. The van der Waals surface area contributed by atoms with Crippen molar-refractivity contribution in [1.29, 1.82) is 0 Å². The Bertz CT molecular complexity index is 633. The van der Waals surface area contributed by atoms with E-state index in [9.17, 15) is 5.11 Å². The summed E-state index contributed by atoms with van der Waals surface area (Å²) >= 11 is 0. The molecule has 0 aromatic heterocycles. The van der Waals surface area contributed by atoms with E-state index in [1.54, 1.807) is 7.11 Å². The van der Waals surface area contributed by atoms with E-state index in [0.717, 1.165) is 36.0 Å². The standard InChI is InChI=1S/C20H24O3/c1-23-19-15-18(16-10-7-5-8-11-16)14-17(20(19)22)12-6-3-2-4-9-13-21/h2,4-5,7-8,10-11,14-15,21-22H,3,6,9,12-13H2,1H3/b4-2-. The number of aliphatic hydroxyl groups is 1. The molecule has 0 amide bonds. The Morgan fingerprint density at radius 1 is 1.00 bits per heavy atom. The summed E-state index contributed by atoms with van der Waals surface area (Å²) in [6.45, 7) is 0.188. The lowest BCUT2D eigenvalue weighted by atomic mass is 9.98. The molecule has 0 aliphatic heterocycles. The molecule has 2 N–H and O–H groups in total. The van der Waals surface area contributed by atoms with Crippen LogP contribution in [0.15, 0.2) is 54.6 Å². The largest absolute Gasteiger partial charge is 0.504 e. The number of phenolic OH excluding ortho intramolecular Hbond substituents is 1. The highest BCUT2D eigenvalue weighted by Gasteiger charge is 2.11. The summed E-state index contributed by atoms with van der Waals surface area (Å²) < 4.78 is 5.32. The zero-order chi connectivity index (χ0) is 16.5. The van der Waals surface area contributed by atoms with Gasteiger partial charge in [-0.1, -0.05) is 42.5 Å². The zero-order valence-electron chi connectivity index (χ0n) is 13.5. The molecule has 0 heterocycles. The van der Waals surface area contributed by atoms with Crippen LogP contribution in [0.1, 0.15) is 24.8 Å². The van der Waals surface area contributed by atoms with Gasteiger partial charge in [0.05, 0.1) is 7.11 Å². The van der Waals surface area contributed by atoms with Crippen LogP contribution in [0.4, 0.5) is 0 Å². The van der Waals surface area contributed by atoms with Gasteiger partial charge in [0.25, 0.3) is 0 Å². The van der Waals surface area contributed by atoms with Crippen LogP contribution in [0.5, 0.6) is 11.5 Å². The van der Waals surface area contributed by atoms with Gasteiger partial charge in [-0.15, -0.1) is 0 Å². The summed E-state index contributed by atoms with van der Waals surface area (Å²) in [5, 5.41) is 19.1. The van der Waals surface area contributed by atoms with Crippen LogP contribution in [0, 0.1) is 0 Å². The summed E-state index contributed by atoms with van der Waals surface area (Å²) in [7, 11) is 1.57. The smallest absolute Gasteiger partial charge is 0.161 e. The van der Waals surface area contributed by atoms with Crippen molar-refractivity contribution in [1.82, 2.24) is 0 Å². The molecule has 0 saturated carbocycles. The van der Waals surface area contributed by atoms with Gasteiger partial charge in [0, 0.05) is 6.61 Å². The van der Waals surface area contributed by atoms with Gasteiger partial charge >= 0.3 is 0 Å². The van der Waals surface area contributed by atoms with Crippen molar-refractivity contribution in [3.8, 4) is 22.6 Å². The second-order valence-corrected chi connectivity index (χ2v) is 5.43. The Hall–Kier alpha value is -2.26. The van der Waals surface area contributed by atoms with E-state index >= 15 is 0 Å². The first-order valence-electron chi connectivity index (χ1n) is 7.97. The molecule has 0 unspecified atom stereocenters. The van der Waals surface area contributed by atoms with Gasteiger partial charge in [0.2, 0.25) is 0 Å². The maximum Gasteiger partial charge on any atom is 0.161 e. The molecule has 0 saturated heterocycles. The van der Waals surface area contributed by atoms with Gasteiger partial charge in [0.1, 0.15) is 0 Å². The van der Waals surface area contributed by atoms with E-state index < -0.39 is 0 Å². The van der Waals surface area contributed by atoms with Gasteiger partial charge in [0.15, 0.2) is 11.5 Å². The van der Waals surface area contributed by atoms with Crippen LogP contribution in [0.3, 0.4) is 0 Å². The topological polar surface area (TPSA) is 49.7 Å². The third-order valence-corrected chi connectivity index (χ3v) is 3.76. The number of aryl methyl sites for hydroxylation is 1. The maximum absolute atomic E-state index is 10.3. The number of ether oxygens (including phenoxy) is 1. The molecular formula is C20H24O3. The average molecular weight is 312 g/mol. The minimum Gasteiger partial charge on any atom is -0.504 e. The van der Waals surface area contributed by atoms with E-state index in [1.165, 1.54) is 0 Å². The molecule has 3 heteroatoms. The highest BCUT2D eigenvalue weighted by Crippen LogP contribution is 2.36. The molecule has 2 rings (SSSR count). The Morgan fingerprint density at radius 3 is 2.43 bits per heavy atom. The number of hydrogen-bond donors (Lipinski definition) is 2. The van der Waals surface area contributed by atoms with Crippen molar-refractivity contribution in [3.05, 3.63) is 60.2 Å². The van der Waals surface area contributed by atoms with E-state index in [2.05, 4.69) is 6.08 Å². The zero-order valence-corrected chi connectivity index (χ0v) is 13.5. The van der Waals surface area contributed by atoms with E-state index in [0.29, 0.717) is 12.2 Å². The lowest BCUT2D eigenvalue weighted by Crippen LogP contribution is -1.92. The minimum atomic E-state index is 0.188. The third-order valence-electron chi connectivity index (χ3n) is 3.76. The maximum atomic E-state index is 10.3. The van der Waals surface area contributed by atoms with Crippen LogP contribution >= 0.6 is 0 Å². The molecule has 0 spiro atoms. The van der Waals surface area contributed by atoms with Crippen molar-refractivity contribution in [2.45, 2.75) is 25.7 Å². The molecule has 2 aromatic carbocycles. The average Bonchev–Trinajstić information content (AvgIpc) is 2.60. The fourth-order valence-corrected chi connectivity index (χ4v) is 2.53. The van der Waals surface area contributed by atoms with Crippen molar-refractivity contribution in [3.63, 3.8) is 0 Å². The van der Waals surface area contributed by atoms with Gasteiger partial charge < -0.3 is 14.9 Å². The van der Waals surface area contributed by atoms with Crippen LogP contribution in [-0.4, -0.2) is 23.9 Å². The lowest BCUT2D eigenvalue weighted by molar-refractivity contribution is 0.302. The van der Waals surface area contributed by atoms with Crippen molar-refractivity contribution in [2.24, 2.45) is 0 Å². The Balaban J connectivity index is 2.15. The summed E-state index contributed by atoms with van der Waals surface area (Å²) in [6, 6.07) is 14.0. The summed E-state index contributed by atoms with van der Waals surface area (Å²) in [4.78, 5) is 0. The minimum absolute atomic E-state index is 0.188. The molecular weight excluding hydrogens is 288 g/mol. The summed E-state index contributed by atoms with van der Waals surface area (Å²) in [6.07, 6.45) is 7.41. The number of rotatable bonds is 8. The molecule has 2 aromatic rings. The van der Waals surface area contributed by atoms with E-state index in [-0.39, 0.29) is 12.4 Å². The van der Waals surface area contributed by atoms with Crippen molar-refractivity contribution >= 4 is 0 Å². The predicted molar refractivity (Wildman–Crippen MR) is 93.9 cm³/mol. The molecule has 0 aliphatic rings. The number of benzene rings is 2. The molecule has 0 bridgehead atoms. The third kappa shape index (κ3) is 4.86. The van der Waals surface area contributed by atoms with Gasteiger partial charge in [-0.25, -0.2) is 0 Å². The van der Waals surface area contributed by atoms with Crippen LogP contribution in [-0.2, 0) is 6.42 Å². The first-order chi connectivity index (χ1) is 11.3. The number of methoxy groups -OCH3 is 1. The highest BCUT2D eigenvalue weighted by atomic mass is 16.5. The summed E-state index contributed by atoms with van der Waals surface area (Å²) in [5.41, 5.74) is 3.06. The second-order valence-electron chi connectivity index (χ2n) is 5.43. The van der Waals surface area contributed by atoms with E-state index in [4.69, 9.17) is 9.84 Å². The Kier molecular flexibility index (Phi) is 6.70. The predicted octanol–water partition coefficient (Wildman–Crippen LogP) is 4.33. The molecule has 23 heavy (non-hydrogen) atoms. The van der Waals surface area contributed by atoms with Crippen LogP contribution in [0.2, 0.25) is 0 Å². The normalized spacial score (nSPS) is 11.0.